The number of hydrogen-bond donors (Lipinski definition) is 2. The van der Waals surface area contributed by atoms with Gasteiger partial charge in [0, 0.05) is 12.2 Å². The molecule has 0 amide bonds. The second-order valence-electron chi connectivity index (χ2n) is 6.44. The number of ether oxygens (including phenoxy) is 1. The predicted octanol–water partition coefficient (Wildman–Crippen LogP) is 5.24. The van der Waals surface area contributed by atoms with E-state index in [-0.39, 0.29) is 47.7 Å². The van der Waals surface area contributed by atoms with Crippen LogP contribution in [0.25, 0.3) is 11.1 Å². The van der Waals surface area contributed by atoms with Gasteiger partial charge in [0.1, 0.15) is 11.6 Å². The molecular formula is C21H18Cl2F2N2O3. The number of aliphatic carboxylic acids is 1. The number of rotatable bonds is 7. The molecule has 5 nitrogen and oxygen atoms in total. The molecule has 0 saturated heterocycles. The Bertz CT molecular complexity index is 1050. The third-order valence-corrected chi connectivity index (χ3v) is 4.32. The standard InChI is InChI=1S/C21H17ClF2N2O3.ClH/c22-15-9-18(24)21(26-11-15)29-19-5-4-13(12-2-1-3-16(23)7-12)6-14(19)8-17(25)10-20(27)28;/h1-7,9,11,17H,8,10,25H2,(H,27,28);1H/t17-;/m1./s1. The molecule has 1 aromatic heterocycles. The summed E-state index contributed by atoms with van der Waals surface area (Å²) in [5.41, 5.74) is 7.77. The van der Waals surface area contributed by atoms with Crippen LogP contribution in [-0.2, 0) is 11.2 Å². The van der Waals surface area contributed by atoms with Crippen molar-refractivity contribution in [2.45, 2.75) is 18.9 Å². The van der Waals surface area contributed by atoms with Crippen molar-refractivity contribution in [3.05, 3.63) is 76.9 Å². The van der Waals surface area contributed by atoms with Crippen LogP contribution in [0, 0.1) is 11.6 Å². The molecule has 0 unspecified atom stereocenters. The zero-order valence-electron chi connectivity index (χ0n) is 15.5. The topological polar surface area (TPSA) is 85.4 Å². The Hall–Kier alpha value is -2.74. The van der Waals surface area contributed by atoms with E-state index in [1.165, 1.54) is 18.3 Å². The number of halogens is 4. The maximum Gasteiger partial charge on any atom is 0.304 e. The zero-order chi connectivity index (χ0) is 21.0. The number of carbonyl (C=O) groups is 1. The molecule has 1 heterocycles. The highest BCUT2D eigenvalue weighted by molar-refractivity contribution is 6.30. The van der Waals surface area contributed by atoms with Crippen molar-refractivity contribution in [3.63, 3.8) is 0 Å². The Balaban J connectivity index is 0.00000320. The fourth-order valence-corrected chi connectivity index (χ4v) is 2.99. The van der Waals surface area contributed by atoms with Crippen molar-refractivity contribution < 1.29 is 23.4 Å². The Morgan fingerprint density at radius 3 is 2.57 bits per heavy atom. The van der Waals surface area contributed by atoms with Crippen LogP contribution < -0.4 is 10.5 Å². The van der Waals surface area contributed by atoms with E-state index in [1.807, 2.05) is 0 Å². The maximum atomic E-state index is 14.1. The number of nitrogens with two attached hydrogens (primary N) is 1. The summed E-state index contributed by atoms with van der Waals surface area (Å²) in [6.07, 6.45) is 1.15. The molecule has 0 aliphatic carbocycles. The van der Waals surface area contributed by atoms with Crippen LogP contribution in [0.5, 0.6) is 11.6 Å². The summed E-state index contributed by atoms with van der Waals surface area (Å²) in [5, 5.41) is 9.09. The van der Waals surface area contributed by atoms with E-state index in [2.05, 4.69) is 4.98 Å². The lowest BCUT2D eigenvalue weighted by Crippen LogP contribution is -2.26. The SMILES string of the molecule is Cl.N[C@@H](CC(=O)O)Cc1cc(-c2cccc(F)c2)ccc1Oc1ncc(Cl)cc1F. The number of carboxylic acids is 1. The molecule has 3 aromatic rings. The van der Waals surface area contributed by atoms with Gasteiger partial charge in [0.2, 0.25) is 0 Å². The highest BCUT2D eigenvalue weighted by Gasteiger charge is 2.16. The summed E-state index contributed by atoms with van der Waals surface area (Å²) in [4.78, 5) is 14.8. The summed E-state index contributed by atoms with van der Waals surface area (Å²) in [5.74, 6) is -2.18. The van der Waals surface area contributed by atoms with Gasteiger partial charge in [-0.3, -0.25) is 4.79 Å². The van der Waals surface area contributed by atoms with E-state index >= 15 is 0 Å². The third-order valence-electron chi connectivity index (χ3n) is 4.12. The van der Waals surface area contributed by atoms with E-state index in [4.69, 9.17) is 27.2 Å². The largest absolute Gasteiger partial charge is 0.481 e. The highest BCUT2D eigenvalue weighted by atomic mass is 35.5. The normalized spacial score (nSPS) is 11.5. The third kappa shape index (κ3) is 6.13. The number of carboxylic acid groups (broad SMARTS) is 1. The van der Waals surface area contributed by atoms with Gasteiger partial charge in [0.15, 0.2) is 5.82 Å². The van der Waals surface area contributed by atoms with E-state index in [0.29, 0.717) is 16.7 Å². The van der Waals surface area contributed by atoms with Crippen molar-refractivity contribution in [2.75, 3.05) is 0 Å². The minimum absolute atomic E-state index is 0. The average Bonchev–Trinajstić information content (AvgIpc) is 2.64. The first-order valence-corrected chi connectivity index (χ1v) is 9.05. The van der Waals surface area contributed by atoms with E-state index < -0.39 is 17.8 Å². The number of nitrogens with zero attached hydrogens (tertiary/aromatic N) is 1. The molecule has 0 fully saturated rings. The summed E-state index contributed by atoms with van der Waals surface area (Å²) < 4.78 is 33.2. The van der Waals surface area contributed by atoms with Crippen molar-refractivity contribution in [2.24, 2.45) is 5.73 Å². The molecule has 0 bridgehead atoms. The van der Waals surface area contributed by atoms with Gasteiger partial charge < -0.3 is 15.6 Å². The van der Waals surface area contributed by atoms with Crippen LogP contribution in [0.4, 0.5) is 8.78 Å². The Kier molecular flexibility index (Phi) is 8.11. The van der Waals surface area contributed by atoms with Gasteiger partial charge in [-0.15, -0.1) is 12.4 Å². The van der Waals surface area contributed by atoms with Gasteiger partial charge in [-0.05, 0) is 53.4 Å². The van der Waals surface area contributed by atoms with Crippen molar-refractivity contribution in [1.82, 2.24) is 4.98 Å². The van der Waals surface area contributed by atoms with Crippen molar-refractivity contribution in [1.29, 1.82) is 0 Å². The van der Waals surface area contributed by atoms with Gasteiger partial charge in [-0.1, -0.05) is 29.8 Å². The van der Waals surface area contributed by atoms with Crippen molar-refractivity contribution in [3.8, 4) is 22.8 Å². The van der Waals surface area contributed by atoms with Crippen LogP contribution in [0.1, 0.15) is 12.0 Å². The summed E-state index contributed by atoms with van der Waals surface area (Å²) in [7, 11) is 0. The van der Waals surface area contributed by atoms with Crippen LogP contribution in [0.2, 0.25) is 5.02 Å². The number of benzene rings is 2. The summed E-state index contributed by atoms with van der Waals surface area (Å²) in [6.45, 7) is 0. The molecule has 9 heteroatoms. The first kappa shape index (κ1) is 23.5. The van der Waals surface area contributed by atoms with E-state index in [1.54, 1.807) is 30.3 Å². The van der Waals surface area contributed by atoms with E-state index in [0.717, 1.165) is 6.07 Å². The first-order chi connectivity index (χ1) is 13.8. The molecule has 0 spiro atoms. The fourth-order valence-electron chi connectivity index (χ4n) is 2.85. The van der Waals surface area contributed by atoms with Gasteiger partial charge in [-0.25, -0.2) is 13.8 Å². The average molecular weight is 455 g/mol. The van der Waals surface area contributed by atoms with Gasteiger partial charge in [0.25, 0.3) is 5.88 Å². The molecule has 3 N–H and O–H groups in total. The molecule has 3 rings (SSSR count). The number of hydrogen-bond acceptors (Lipinski definition) is 4. The molecule has 2 aromatic carbocycles. The molecule has 158 valence electrons. The monoisotopic (exact) mass is 454 g/mol. The van der Waals surface area contributed by atoms with Gasteiger partial charge in [0.05, 0.1) is 11.4 Å². The van der Waals surface area contributed by atoms with E-state index in [9.17, 15) is 13.6 Å². The minimum Gasteiger partial charge on any atom is -0.481 e. The maximum absolute atomic E-state index is 14.1. The quantitative estimate of drug-likeness (QED) is 0.509. The molecule has 30 heavy (non-hydrogen) atoms. The number of pyridine rings is 1. The molecule has 0 aliphatic rings. The Labute approximate surface area is 182 Å². The Morgan fingerprint density at radius 2 is 1.90 bits per heavy atom. The van der Waals surface area contributed by atoms with Gasteiger partial charge in [-0.2, -0.15) is 0 Å². The Morgan fingerprint density at radius 1 is 1.17 bits per heavy atom. The number of aromatic nitrogens is 1. The molecule has 0 aliphatic heterocycles. The molecule has 0 saturated carbocycles. The smallest absolute Gasteiger partial charge is 0.304 e. The van der Waals surface area contributed by atoms with Crippen LogP contribution in [-0.4, -0.2) is 22.1 Å². The molecule has 1 atom stereocenters. The molecular weight excluding hydrogens is 437 g/mol. The second-order valence-corrected chi connectivity index (χ2v) is 6.87. The van der Waals surface area contributed by atoms with Gasteiger partial charge >= 0.3 is 5.97 Å². The van der Waals surface area contributed by atoms with Crippen molar-refractivity contribution >= 4 is 30.0 Å². The summed E-state index contributed by atoms with van der Waals surface area (Å²) in [6, 6.07) is 11.4. The summed E-state index contributed by atoms with van der Waals surface area (Å²) >= 11 is 5.71. The lowest BCUT2D eigenvalue weighted by molar-refractivity contribution is -0.137. The second kappa shape index (κ2) is 10.3. The first-order valence-electron chi connectivity index (χ1n) is 8.67. The van der Waals surface area contributed by atoms with Crippen LogP contribution >= 0.6 is 24.0 Å². The molecule has 0 radical (unpaired) electrons. The van der Waals surface area contributed by atoms with Crippen LogP contribution in [0.15, 0.2) is 54.7 Å². The van der Waals surface area contributed by atoms with Crippen LogP contribution in [0.3, 0.4) is 0 Å². The zero-order valence-corrected chi connectivity index (χ0v) is 17.1. The lowest BCUT2D eigenvalue weighted by atomic mass is 9.97. The highest BCUT2D eigenvalue weighted by Crippen LogP contribution is 2.32. The minimum atomic E-state index is -1.04. The predicted molar refractivity (Wildman–Crippen MR) is 112 cm³/mol. The lowest BCUT2D eigenvalue weighted by Gasteiger charge is -2.16. The fraction of sp³-hybridized carbons (Fsp3) is 0.143.